The number of hydrogen-bond acceptors (Lipinski definition) is 6. The van der Waals surface area contributed by atoms with Crippen molar-refractivity contribution >= 4 is 0 Å². The van der Waals surface area contributed by atoms with Gasteiger partial charge in [0, 0.05) is 63.4 Å². The molecule has 2 fully saturated rings. The summed E-state index contributed by atoms with van der Waals surface area (Å²) in [6.07, 6.45) is 3.52. The van der Waals surface area contributed by atoms with Crippen LogP contribution in [0.5, 0.6) is 0 Å². The molecule has 0 aliphatic carbocycles. The minimum atomic E-state index is -0.657. The van der Waals surface area contributed by atoms with Gasteiger partial charge in [0.2, 0.25) is 0 Å². The van der Waals surface area contributed by atoms with E-state index in [4.69, 9.17) is 9.47 Å². The fourth-order valence-corrected chi connectivity index (χ4v) is 3.36. The van der Waals surface area contributed by atoms with Gasteiger partial charge in [0.05, 0.1) is 25.1 Å². The van der Waals surface area contributed by atoms with Crippen LogP contribution in [0.4, 0.5) is 0 Å². The van der Waals surface area contributed by atoms with Crippen molar-refractivity contribution in [1.82, 2.24) is 14.9 Å². The second kappa shape index (κ2) is 7.53. The van der Waals surface area contributed by atoms with Crippen molar-refractivity contribution in [3.63, 3.8) is 0 Å². The summed E-state index contributed by atoms with van der Waals surface area (Å²) in [5.41, 5.74) is 0.00170. The zero-order chi connectivity index (χ0) is 16.1. The molecular formula is C16H25N3O4. The summed E-state index contributed by atoms with van der Waals surface area (Å²) in [5, 5.41) is 10.7. The first-order valence-corrected chi connectivity index (χ1v) is 8.27. The lowest BCUT2D eigenvalue weighted by atomic mass is 9.93. The number of nitrogens with one attached hydrogen (secondary N) is 1. The highest BCUT2D eigenvalue weighted by atomic mass is 16.5. The Labute approximate surface area is 135 Å². The molecular weight excluding hydrogens is 298 g/mol. The van der Waals surface area contributed by atoms with Crippen molar-refractivity contribution in [3.05, 3.63) is 28.4 Å². The Kier molecular flexibility index (Phi) is 5.42. The van der Waals surface area contributed by atoms with Gasteiger partial charge in [0.25, 0.3) is 5.56 Å². The Bertz CT molecular complexity index is 556. The summed E-state index contributed by atoms with van der Waals surface area (Å²) in [6, 6.07) is 1.54. The lowest BCUT2D eigenvalue weighted by Crippen LogP contribution is -2.48. The number of rotatable bonds is 4. The molecule has 0 saturated carbocycles. The molecule has 0 aromatic carbocycles. The van der Waals surface area contributed by atoms with Crippen LogP contribution in [0.15, 0.2) is 17.2 Å². The maximum absolute atomic E-state index is 11.4. The lowest BCUT2D eigenvalue weighted by Gasteiger charge is -2.37. The van der Waals surface area contributed by atoms with E-state index in [0.717, 1.165) is 18.8 Å². The maximum Gasteiger partial charge on any atom is 0.250 e. The van der Waals surface area contributed by atoms with Crippen LogP contribution in [0.25, 0.3) is 0 Å². The van der Waals surface area contributed by atoms with Crippen molar-refractivity contribution < 1.29 is 14.6 Å². The third-order valence-corrected chi connectivity index (χ3v) is 4.60. The number of aromatic amines is 1. The smallest absolute Gasteiger partial charge is 0.250 e. The molecule has 23 heavy (non-hydrogen) atoms. The molecule has 0 amide bonds. The van der Waals surface area contributed by atoms with Crippen LogP contribution in [0.3, 0.4) is 0 Å². The second-order valence-electron chi connectivity index (χ2n) is 6.62. The molecule has 2 N–H and O–H groups in total. The summed E-state index contributed by atoms with van der Waals surface area (Å²) in [6.45, 7) is 4.90. The lowest BCUT2D eigenvalue weighted by molar-refractivity contribution is -0.0804. The normalized spacial score (nSPS) is 25.9. The number of ether oxygens (including phenoxy) is 2. The minimum absolute atomic E-state index is 0.127. The van der Waals surface area contributed by atoms with Gasteiger partial charge in [-0.15, -0.1) is 0 Å². The topological polar surface area (TPSA) is 87.7 Å². The average molecular weight is 323 g/mol. The van der Waals surface area contributed by atoms with Crippen LogP contribution in [0.2, 0.25) is 0 Å². The van der Waals surface area contributed by atoms with Gasteiger partial charge in [-0.25, -0.2) is 4.98 Å². The molecule has 1 aromatic rings. The summed E-state index contributed by atoms with van der Waals surface area (Å²) in [5.74, 6) is 0.273. The van der Waals surface area contributed by atoms with Crippen LogP contribution < -0.4 is 5.56 Å². The number of nitrogens with zero attached hydrogens (tertiary/aromatic N) is 2. The third-order valence-electron chi connectivity index (χ3n) is 4.60. The standard InChI is InChI=1S/C16H25N3O4/c20-15-8-14(17-12-18-15)7-13-9-19(3-6-23-10-13)11-16(21)1-4-22-5-2-16/h8,12-13,21H,1-7,9-11H2,(H,17,18,20)/t13-/m1/s1. The second-order valence-corrected chi connectivity index (χ2v) is 6.62. The van der Waals surface area contributed by atoms with Gasteiger partial charge in [0.1, 0.15) is 0 Å². The molecule has 2 saturated heterocycles. The Hall–Kier alpha value is -1.28. The third kappa shape index (κ3) is 4.84. The van der Waals surface area contributed by atoms with Crippen molar-refractivity contribution in [3.8, 4) is 0 Å². The molecule has 1 aromatic heterocycles. The fraction of sp³-hybridized carbons (Fsp3) is 0.750. The van der Waals surface area contributed by atoms with E-state index >= 15 is 0 Å². The number of aromatic nitrogens is 2. The van der Waals surface area contributed by atoms with Gasteiger partial charge in [-0.2, -0.15) is 0 Å². The first-order valence-electron chi connectivity index (χ1n) is 8.27. The molecule has 7 heteroatoms. The first kappa shape index (κ1) is 16.6. The van der Waals surface area contributed by atoms with Crippen LogP contribution >= 0.6 is 0 Å². The molecule has 128 valence electrons. The largest absolute Gasteiger partial charge is 0.388 e. The van der Waals surface area contributed by atoms with Crippen molar-refractivity contribution in [2.75, 3.05) is 46.1 Å². The van der Waals surface area contributed by atoms with Gasteiger partial charge in [0.15, 0.2) is 0 Å². The maximum atomic E-state index is 11.4. The molecule has 0 spiro atoms. The Morgan fingerprint density at radius 1 is 1.35 bits per heavy atom. The molecule has 2 aliphatic rings. The molecule has 3 heterocycles. The Morgan fingerprint density at radius 2 is 2.17 bits per heavy atom. The van der Waals surface area contributed by atoms with E-state index in [0.29, 0.717) is 52.2 Å². The van der Waals surface area contributed by atoms with Gasteiger partial charge in [-0.1, -0.05) is 0 Å². The van der Waals surface area contributed by atoms with Gasteiger partial charge in [-0.3, -0.25) is 9.69 Å². The summed E-state index contributed by atoms with van der Waals surface area (Å²) < 4.78 is 11.0. The van der Waals surface area contributed by atoms with Crippen molar-refractivity contribution in [2.45, 2.75) is 24.9 Å². The zero-order valence-corrected chi connectivity index (χ0v) is 13.4. The van der Waals surface area contributed by atoms with Crippen molar-refractivity contribution in [1.29, 1.82) is 0 Å². The zero-order valence-electron chi connectivity index (χ0n) is 13.4. The minimum Gasteiger partial charge on any atom is -0.388 e. The highest BCUT2D eigenvalue weighted by Crippen LogP contribution is 2.23. The molecule has 0 radical (unpaired) electrons. The monoisotopic (exact) mass is 323 g/mol. The van der Waals surface area contributed by atoms with Crippen LogP contribution in [-0.4, -0.2) is 71.6 Å². The average Bonchev–Trinajstić information content (AvgIpc) is 2.72. The number of aliphatic hydroxyl groups is 1. The van der Waals surface area contributed by atoms with Gasteiger partial charge in [-0.05, 0) is 6.42 Å². The quantitative estimate of drug-likeness (QED) is 0.798. The number of β-amino-alcohol motifs (C(OH)–C–C–N with tert-alkyl or cyclic N) is 1. The predicted molar refractivity (Wildman–Crippen MR) is 84.3 cm³/mol. The van der Waals surface area contributed by atoms with Crippen LogP contribution in [0, 0.1) is 5.92 Å². The van der Waals surface area contributed by atoms with E-state index in [9.17, 15) is 9.90 Å². The van der Waals surface area contributed by atoms with E-state index in [1.807, 2.05) is 0 Å². The number of H-pyrrole nitrogens is 1. The van der Waals surface area contributed by atoms with E-state index in [2.05, 4.69) is 14.9 Å². The van der Waals surface area contributed by atoms with Crippen LogP contribution in [-0.2, 0) is 15.9 Å². The van der Waals surface area contributed by atoms with Crippen LogP contribution in [0.1, 0.15) is 18.5 Å². The summed E-state index contributed by atoms with van der Waals surface area (Å²) >= 11 is 0. The SMILES string of the molecule is O=c1cc(C[C@H]2COCCN(CC3(O)CCOCC3)C2)nc[nH]1. The number of hydrogen-bond donors (Lipinski definition) is 2. The van der Waals surface area contributed by atoms with E-state index in [1.54, 1.807) is 6.07 Å². The first-order chi connectivity index (χ1) is 11.1. The molecule has 2 aliphatic heterocycles. The Morgan fingerprint density at radius 3 is 2.96 bits per heavy atom. The predicted octanol–water partition coefficient (Wildman–Crippen LogP) is -0.198. The van der Waals surface area contributed by atoms with Gasteiger partial charge >= 0.3 is 0 Å². The summed E-state index contributed by atoms with van der Waals surface area (Å²) in [7, 11) is 0. The molecule has 3 rings (SSSR count). The van der Waals surface area contributed by atoms with E-state index in [-0.39, 0.29) is 11.5 Å². The summed E-state index contributed by atoms with van der Waals surface area (Å²) in [4.78, 5) is 20.4. The van der Waals surface area contributed by atoms with Gasteiger partial charge < -0.3 is 19.6 Å². The van der Waals surface area contributed by atoms with E-state index in [1.165, 1.54) is 6.33 Å². The van der Waals surface area contributed by atoms with E-state index < -0.39 is 5.60 Å². The van der Waals surface area contributed by atoms with Crippen molar-refractivity contribution in [2.24, 2.45) is 5.92 Å². The highest BCUT2D eigenvalue weighted by molar-refractivity contribution is 5.00. The fourth-order valence-electron chi connectivity index (χ4n) is 3.36. The molecule has 1 atom stereocenters. The molecule has 0 unspecified atom stereocenters. The highest BCUT2D eigenvalue weighted by Gasteiger charge is 2.33. The molecule has 0 bridgehead atoms. The molecule has 7 nitrogen and oxygen atoms in total. The Balaban J connectivity index is 1.60.